The first-order valence-electron chi connectivity index (χ1n) is 11.2. The minimum atomic E-state index is -4.38. The van der Waals surface area contributed by atoms with Crippen molar-refractivity contribution in [2.45, 2.75) is 59.5 Å². The average Bonchev–Trinajstić information content (AvgIpc) is 3.14. The fourth-order valence-electron chi connectivity index (χ4n) is 3.46. The molecule has 1 N–H and O–H groups in total. The van der Waals surface area contributed by atoms with Crippen LogP contribution in [-0.4, -0.2) is 26.6 Å². The highest BCUT2D eigenvalue weighted by Crippen LogP contribution is 2.34. The number of ether oxygens (including phenoxy) is 1. The summed E-state index contributed by atoms with van der Waals surface area (Å²) < 4.78 is 44.3. The number of aromatic nitrogens is 1. The van der Waals surface area contributed by atoms with Gasteiger partial charge in [0, 0.05) is 22.7 Å². The SMILES string of the molecule is C=C(C)N(Cc1ccc(OC(C)(C)C(=O)O)c(C)c1)Cc1sc(-c2ccc(C(F)(F)F)cc2)nc1C. The van der Waals surface area contributed by atoms with Gasteiger partial charge in [-0.25, -0.2) is 9.78 Å². The molecule has 3 aromatic rings. The molecular weight excluding hydrogens is 489 g/mol. The fourth-order valence-corrected chi connectivity index (χ4v) is 4.55. The lowest BCUT2D eigenvalue weighted by Gasteiger charge is -2.26. The van der Waals surface area contributed by atoms with Crippen molar-refractivity contribution in [2.24, 2.45) is 0 Å². The van der Waals surface area contributed by atoms with E-state index in [1.807, 2.05) is 32.9 Å². The van der Waals surface area contributed by atoms with Crippen LogP contribution in [0.5, 0.6) is 5.75 Å². The Kier molecular flexibility index (Phi) is 7.83. The summed E-state index contributed by atoms with van der Waals surface area (Å²) in [6, 6.07) is 10.6. The summed E-state index contributed by atoms with van der Waals surface area (Å²) in [5.74, 6) is -0.539. The second-order valence-electron chi connectivity index (χ2n) is 9.21. The maximum absolute atomic E-state index is 12.9. The lowest BCUT2D eigenvalue weighted by atomic mass is 10.1. The Balaban J connectivity index is 1.77. The van der Waals surface area contributed by atoms with Gasteiger partial charge in [-0.15, -0.1) is 11.3 Å². The van der Waals surface area contributed by atoms with Crippen molar-refractivity contribution in [1.29, 1.82) is 0 Å². The van der Waals surface area contributed by atoms with Crippen molar-refractivity contribution in [3.63, 3.8) is 0 Å². The summed E-state index contributed by atoms with van der Waals surface area (Å²) in [6.07, 6.45) is -4.38. The van der Waals surface area contributed by atoms with Crippen molar-refractivity contribution in [2.75, 3.05) is 0 Å². The maximum atomic E-state index is 12.9. The lowest BCUT2D eigenvalue weighted by Crippen LogP contribution is -2.38. The summed E-state index contributed by atoms with van der Waals surface area (Å²) >= 11 is 1.45. The van der Waals surface area contributed by atoms with Crippen LogP contribution in [0.25, 0.3) is 10.6 Å². The lowest BCUT2D eigenvalue weighted by molar-refractivity contribution is -0.152. The van der Waals surface area contributed by atoms with Crippen LogP contribution in [0.4, 0.5) is 13.2 Å². The molecular formula is C27H29F3N2O3S. The standard InChI is InChI=1S/C27H29F3N2O3S/c1-16(2)32(14-19-7-12-22(17(3)13-19)35-26(5,6)25(33)34)15-23-18(4)31-24(36-23)20-8-10-21(11-9-20)27(28,29)30/h7-13H,1,14-15H2,2-6H3,(H,33,34). The number of carboxylic acids is 1. The number of allylic oxidation sites excluding steroid dienone is 1. The number of aliphatic carboxylic acids is 1. The third-order valence-corrected chi connectivity index (χ3v) is 6.91. The van der Waals surface area contributed by atoms with Crippen molar-refractivity contribution < 1.29 is 27.8 Å². The van der Waals surface area contributed by atoms with E-state index in [2.05, 4.69) is 16.5 Å². The Labute approximate surface area is 212 Å². The molecule has 5 nitrogen and oxygen atoms in total. The third-order valence-electron chi connectivity index (χ3n) is 5.72. The molecule has 9 heteroatoms. The third kappa shape index (κ3) is 6.46. The Morgan fingerprint density at radius 3 is 2.28 bits per heavy atom. The largest absolute Gasteiger partial charge is 0.478 e. The van der Waals surface area contributed by atoms with Crippen molar-refractivity contribution in [1.82, 2.24) is 9.88 Å². The number of benzene rings is 2. The van der Waals surface area contributed by atoms with E-state index in [1.54, 1.807) is 6.07 Å². The predicted molar refractivity (Wildman–Crippen MR) is 135 cm³/mol. The summed E-state index contributed by atoms with van der Waals surface area (Å²) in [5.41, 5.74) is 2.10. The molecule has 1 aromatic heterocycles. The number of carbonyl (C=O) groups is 1. The number of aryl methyl sites for hydroxylation is 2. The van der Waals surface area contributed by atoms with Crippen molar-refractivity contribution in [3.8, 4) is 16.3 Å². The smallest absolute Gasteiger partial charge is 0.416 e. The van der Waals surface area contributed by atoms with Crippen molar-refractivity contribution in [3.05, 3.63) is 82.0 Å². The summed E-state index contributed by atoms with van der Waals surface area (Å²) in [7, 11) is 0. The van der Waals surface area contributed by atoms with E-state index in [-0.39, 0.29) is 0 Å². The monoisotopic (exact) mass is 518 g/mol. The van der Waals surface area contributed by atoms with Crippen LogP contribution in [0.3, 0.4) is 0 Å². The second-order valence-corrected chi connectivity index (χ2v) is 10.3. The van der Waals surface area contributed by atoms with Gasteiger partial charge in [0.2, 0.25) is 0 Å². The molecule has 0 atom stereocenters. The van der Waals surface area contributed by atoms with E-state index in [1.165, 1.54) is 37.3 Å². The maximum Gasteiger partial charge on any atom is 0.416 e. The first-order chi connectivity index (χ1) is 16.7. The first-order valence-corrected chi connectivity index (χ1v) is 12.1. The first kappa shape index (κ1) is 27.3. The van der Waals surface area contributed by atoms with Crippen LogP contribution < -0.4 is 4.74 Å². The zero-order valence-electron chi connectivity index (χ0n) is 20.9. The highest BCUT2D eigenvalue weighted by Gasteiger charge is 2.31. The Morgan fingerprint density at radius 2 is 1.75 bits per heavy atom. The molecule has 0 aliphatic rings. The van der Waals surface area contributed by atoms with Gasteiger partial charge in [-0.05, 0) is 63.9 Å². The minimum Gasteiger partial charge on any atom is -0.478 e. The molecule has 0 spiro atoms. The Bertz CT molecular complexity index is 1260. The summed E-state index contributed by atoms with van der Waals surface area (Å²) in [6.45, 7) is 13.9. The molecule has 0 aliphatic carbocycles. The number of thiazole rings is 1. The van der Waals surface area contributed by atoms with E-state index in [9.17, 15) is 23.1 Å². The van der Waals surface area contributed by atoms with Crippen molar-refractivity contribution >= 4 is 17.3 Å². The Morgan fingerprint density at radius 1 is 1.11 bits per heavy atom. The van der Waals surface area contributed by atoms with Crippen LogP contribution in [0, 0.1) is 13.8 Å². The van der Waals surface area contributed by atoms with E-state index in [0.717, 1.165) is 39.5 Å². The van der Waals surface area contributed by atoms with Gasteiger partial charge in [-0.2, -0.15) is 13.2 Å². The van der Waals surface area contributed by atoms with E-state index < -0.39 is 23.3 Å². The van der Waals surface area contributed by atoms with Gasteiger partial charge < -0.3 is 14.7 Å². The molecule has 0 aliphatic heterocycles. The van der Waals surface area contributed by atoms with Gasteiger partial charge in [-0.3, -0.25) is 0 Å². The highest BCUT2D eigenvalue weighted by molar-refractivity contribution is 7.15. The zero-order chi connectivity index (χ0) is 26.8. The molecule has 192 valence electrons. The van der Waals surface area contributed by atoms with Crippen LogP contribution >= 0.6 is 11.3 Å². The number of nitrogens with zero attached hydrogens (tertiary/aromatic N) is 2. The number of hydrogen-bond donors (Lipinski definition) is 1. The second kappa shape index (κ2) is 10.3. The quantitative estimate of drug-likeness (QED) is 0.324. The summed E-state index contributed by atoms with van der Waals surface area (Å²) in [4.78, 5) is 19.0. The minimum absolute atomic E-state index is 0.507. The average molecular weight is 519 g/mol. The predicted octanol–water partition coefficient (Wildman–Crippen LogP) is 7.22. The van der Waals surface area contributed by atoms with E-state index in [4.69, 9.17) is 4.74 Å². The number of carboxylic acid groups (broad SMARTS) is 1. The zero-order valence-corrected chi connectivity index (χ0v) is 21.7. The molecule has 2 aromatic carbocycles. The number of halogens is 3. The molecule has 0 saturated heterocycles. The van der Waals surface area contributed by atoms with E-state index >= 15 is 0 Å². The molecule has 1 heterocycles. The number of rotatable bonds is 9. The van der Waals surface area contributed by atoms with Gasteiger partial charge in [0.15, 0.2) is 5.60 Å². The summed E-state index contributed by atoms with van der Waals surface area (Å²) in [5, 5.41) is 9.98. The van der Waals surface area contributed by atoms with Crippen LogP contribution in [0.15, 0.2) is 54.7 Å². The highest BCUT2D eigenvalue weighted by atomic mass is 32.1. The molecule has 0 saturated carbocycles. The van der Waals surface area contributed by atoms with Crippen LogP contribution in [-0.2, 0) is 24.1 Å². The Hall–Kier alpha value is -3.33. The normalized spacial score (nSPS) is 11.9. The van der Waals surface area contributed by atoms with Gasteiger partial charge in [0.1, 0.15) is 10.8 Å². The molecule has 0 radical (unpaired) electrons. The molecule has 0 fully saturated rings. The topological polar surface area (TPSA) is 62.7 Å². The number of alkyl halides is 3. The number of hydrogen-bond acceptors (Lipinski definition) is 5. The van der Waals surface area contributed by atoms with Gasteiger partial charge in [-0.1, -0.05) is 30.8 Å². The van der Waals surface area contributed by atoms with Gasteiger partial charge in [0.25, 0.3) is 0 Å². The van der Waals surface area contributed by atoms with Crippen LogP contribution in [0.1, 0.15) is 48.0 Å². The van der Waals surface area contributed by atoms with Gasteiger partial charge in [0.05, 0.1) is 17.8 Å². The molecule has 0 bridgehead atoms. The van der Waals surface area contributed by atoms with Crippen LogP contribution in [0.2, 0.25) is 0 Å². The molecule has 36 heavy (non-hydrogen) atoms. The van der Waals surface area contributed by atoms with E-state index in [0.29, 0.717) is 29.4 Å². The molecule has 0 amide bonds. The fraction of sp³-hybridized carbons (Fsp3) is 0.333. The van der Waals surface area contributed by atoms with Gasteiger partial charge >= 0.3 is 12.1 Å². The molecule has 3 rings (SSSR count). The molecule has 0 unspecified atom stereocenters.